The van der Waals surface area contributed by atoms with Crippen molar-refractivity contribution in [2.45, 2.75) is 0 Å². The highest BCUT2D eigenvalue weighted by Crippen LogP contribution is 2.42. The molecule has 5 heteroatoms. The maximum Gasteiger partial charge on any atom is 0.164 e. The van der Waals surface area contributed by atoms with E-state index >= 15 is 0 Å². The van der Waals surface area contributed by atoms with Crippen LogP contribution < -0.4 is 0 Å². The summed E-state index contributed by atoms with van der Waals surface area (Å²) < 4.78 is 12.8. The first-order valence-electron chi connectivity index (χ1n) is 16.6. The van der Waals surface area contributed by atoms with Gasteiger partial charge in [-0.1, -0.05) is 121 Å². The molecule has 10 aromatic rings. The lowest BCUT2D eigenvalue weighted by Gasteiger charge is -2.11. The fraction of sp³-hybridized carbons (Fsp3) is 0. The molecule has 234 valence electrons. The minimum Gasteiger partial charge on any atom is -0.456 e. The number of benzene rings is 7. The van der Waals surface area contributed by atoms with Crippen molar-refractivity contribution in [1.82, 2.24) is 15.0 Å². The van der Waals surface area contributed by atoms with Crippen LogP contribution >= 0.6 is 0 Å². The van der Waals surface area contributed by atoms with Gasteiger partial charge in [0.1, 0.15) is 22.3 Å². The van der Waals surface area contributed by atoms with Gasteiger partial charge < -0.3 is 8.83 Å². The fourth-order valence-electron chi connectivity index (χ4n) is 6.92. The highest BCUT2D eigenvalue weighted by atomic mass is 16.3. The van der Waals surface area contributed by atoms with Gasteiger partial charge in [0.05, 0.1) is 0 Å². The van der Waals surface area contributed by atoms with E-state index in [1.807, 2.05) is 84.9 Å². The molecule has 0 fully saturated rings. The highest BCUT2D eigenvalue weighted by molar-refractivity contribution is 6.16. The Kier molecular flexibility index (Phi) is 6.42. The second-order valence-electron chi connectivity index (χ2n) is 12.4. The van der Waals surface area contributed by atoms with Crippen molar-refractivity contribution in [2.24, 2.45) is 0 Å². The zero-order valence-corrected chi connectivity index (χ0v) is 26.7. The monoisotopic (exact) mass is 641 g/mol. The van der Waals surface area contributed by atoms with Gasteiger partial charge in [-0.3, -0.25) is 0 Å². The third-order valence-corrected chi connectivity index (χ3v) is 9.37. The van der Waals surface area contributed by atoms with E-state index in [1.54, 1.807) is 0 Å². The summed E-state index contributed by atoms with van der Waals surface area (Å²) in [6.07, 6.45) is 0. The average molecular weight is 642 g/mol. The van der Waals surface area contributed by atoms with E-state index < -0.39 is 0 Å². The van der Waals surface area contributed by atoms with Gasteiger partial charge in [-0.2, -0.15) is 0 Å². The van der Waals surface area contributed by atoms with E-state index in [-0.39, 0.29) is 0 Å². The van der Waals surface area contributed by atoms with Crippen LogP contribution in [-0.2, 0) is 0 Å². The minimum absolute atomic E-state index is 0.577. The van der Waals surface area contributed by atoms with Crippen LogP contribution in [-0.4, -0.2) is 15.0 Å². The van der Waals surface area contributed by atoms with E-state index in [4.69, 9.17) is 23.8 Å². The fourth-order valence-corrected chi connectivity index (χ4v) is 6.92. The molecule has 3 heterocycles. The SMILES string of the molecule is c1ccc(-c2ccc(-c3ccc(-c4nc(-c5ccccc5)nc(-c5ccc6oc7ccccc7c6c5)n4)c4c3oc3ccccc34)cc2)cc1. The zero-order valence-electron chi connectivity index (χ0n) is 26.7. The van der Waals surface area contributed by atoms with Gasteiger partial charge in [0.2, 0.25) is 0 Å². The number of para-hydroxylation sites is 2. The van der Waals surface area contributed by atoms with Crippen molar-refractivity contribution < 1.29 is 8.83 Å². The molecular weight excluding hydrogens is 615 g/mol. The summed E-state index contributed by atoms with van der Waals surface area (Å²) in [6.45, 7) is 0. The molecule has 0 saturated heterocycles. The summed E-state index contributed by atoms with van der Waals surface area (Å²) in [6, 6.07) is 55.7. The molecule has 0 aliphatic rings. The molecule has 0 atom stereocenters. The lowest BCUT2D eigenvalue weighted by Crippen LogP contribution is -2.00. The van der Waals surface area contributed by atoms with Crippen molar-refractivity contribution in [2.75, 3.05) is 0 Å². The molecule has 0 saturated carbocycles. The summed E-state index contributed by atoms with van der Waals surface area (Å²) in [5.41, 5.74) is 10.4. The first kappa shape index (κ1) is 28.2. The van der Waals surface area contributed by atoms with E-state index in [0.717, 1.165) is 71.7 Å². The van der Waals surface area contributed by atoms with Crippen LogP contribution in [0.4, 0.5) is 0 Å². The van der Waals surface area contributed by atoms with Gasteiger partial charge >= 0.3 is 0 Å². The number of nitrogens with zero attached hydrogens (tertiary/aromatic N) is 3. The van der Waals surface area contributed by atoms with Crippen molar-refractivity contribution in [3.63, 3.8) is 0 Å². The number of hydrogen-bond acceptors (Lipinski definition) is 5. The van der Waals surface area contributed by atoms with Crippen LogP contribution in [0.5, 0.6) is 0 Å². The Morgan fingerprint density at radius 2 is 0.840 bits per heavy atom. The topological polar surface area (TPSA) is 65.0 Å². The predicted octanol–water partition coefficient (Wildman–Crippen LogP) is 12.0. The molecule has 0 N–H and O–H groups in total. The van der Waals surface area contributed by atoms with E-state index in [2.05, 4.69) is 78.9 Å². The molecule has 0 bridgehead atoms. The molecular formula is C45H27N3O2. The number of furan rings is 2. The largest absolute Gasteiger partial charge is 0.456 e. The lowest BCUT2D eigenvalue weighted by molar-refractivity contribution is 0.669. The number of aromatic nitrogens is 3. The van der Waals surface area contributed by atoms with Gasteiger partial charge in [0.25, 0.3) is 0 Å². The molecule has 5 nitrogen and oxygen atoms in total. The summed E-state index contributed by atoms with van der Waals surface area (Å²) in [5, 5.41) is 4.06. The van der Waals surface area contributed by atoms with Gasteiger partial charge in [0.15, 0.2) is 17.5 Å². The molecule has 0 amide bonds. The van der Waals surface area contributed by atoms with E-state index in [0.29, 0.717) is 17.5 Å². The van der Waals surface area contributed by atoms with Crippen LogP contribution in [0.25, 0.3) is 100 Å². The summed E-state index contributed by atoms with van der Waals surface area (Å²) in [7, 11) is 0. The smallest absolute Gasteiger partial charge is 0.164 e. The van der Waals surface area contributed by atoms with Gasteiger partial charge in [-0.15, -0.1) is 0 Å². The van der Waals surface area contributed by atoms with Crippen molar-refractivity contribution >= 4 is 43.9 Å². The molecule has 3 aromatic heterocycles. The highest BCUT2D eigenvalue weighted by Gasteiger charge is 2.21. The summed E-state index contributed by atoms with van der Waals surface area (Å²) in [5.74, 6) is 1.76. The Labute approximate surface area is 287 Å². The molecule has 0 aliphatic carbocycles. The predicted molar refractivity (Wildman–Crippen MR) is 202 cm³/mol. The lowest BCUT2D eigenvalue weighted by atomic mass is 9.96. The quantitative estimate of drug-likeness (QED) is 0.187. The Morgan fingerprint density at radius 3 is 1.60 bits per heavy atom. The number of hydrogen-bond donors (Lipinski definition) is 0. The van der Waals surface area contributed by atoms with Gasteiger partial charge in [0, 0.05) is 43.8 Å². The normalized spacial score (nSPS) is 11.6. The van der Waals surface area contributed by atoms with Crippen LogP contribution in [0.3, 0.4) is 0 Å². The maximum atomic E-state index is 6.64. The van der Waals surface area contributed by atoms with Crippen molar-refractivity contribution in [3.05, 3.63) is 164 Å². The van der Waals surface area contributed by atoms with Crippen LogP contribution in [0.15, 0.2) is 173 Å². The first-order valence-corrected chi connectivity index (χ1v) is 16.6. The summed E-state index contributed by atoms with van der Waals surface area (Å²) >= 11 is 0. The Bertz CT molecular complexity index is 2850. The molecule has 0 unspecified atom stereocenters. The molecule has 10 rings (SSSR count). The summed E-state index contributed by atoms with van der Waals surface area (Å²) in [4.78, 5) is 15.3. The van der Waals surface area contributed by atoms with Crippen molar-refractivity contribution in [3.8, 4) is 56.4 Å². The van der Waals surface area contributed by atoms with Crippen LogP contribution in [0.2, 0.25) is 0 Å². The molecule has 7 aromatic carbocycles. The minimum atomic E-state index is 0.577. The number of fused-ring (bicyclic) bond motifs is 6. The van der Waals surface area contributed by atoms with Gasteiger partial charge in [-0.25, -0.2) is 15.0 Å². The molecule has 50 heavy (non-hydrogen) atoms. The standard InChI is InChI=1S/C45H27N3O2/c1-3-11-28(12-4-1)29-19-21-30(22-20-29)33-24-25-36(41-35-16-8-10-18-39(35)50-42(33)41)45-47-43(31-13-5-2-6-14-31)46-44(48-45)32-23-26-40-37(27-32)34-15-7-9-17-38(34)49-40/h1-27H. The molecule has 0 aliphatic heterocycles. The average Bonchev–Trinajstić information content (AvgIpc) is 3.77. The second-order valence-corrected chi connectivity index (χ2v) is 12.4. The second kappa shape index (κ2) is 11.4. The Morgan fingerprint density at radius 1 is 0.320 bits per heavy atom. The molecule has 0 radical (unpaired) electrons. The van der Waals surface area contributed by atoms with E-state index in [1.165, 1.54) is 11.1 Å². The van der Waals surface area contributed by atoms with Crippen LogP contribution in [0, 0.1) is 0 Å². The van der Waals surface area contributed by atoms with Gasteiger partial charge in [-0.05, 0) is 59.2 Å². The maximum absolute atomic E-state index is 6.64. The third kappa shape index (κ3) is 4.67. The van der Waals surface area contributed by atoms with Crippen molar-refractivity contribution in [1.29, 1.82) is 0 Å². The van der Waals surface area contributed by atoms with E-state index in [9.17, 15) is 0 Å². The molecule has 0 spiro atoms. The number of rotatable bonds is 5. The zero-order chi connectivity index (χ0) is 33.0. The third-order valence-electron chi connectivity index (χ3n) is 9.37. The van der Waals surface area contributed by atoms with Crippen LogP contribution in [0.1, 0.15) is 0 Å². The Hall–Kier alpha value is -6.85. The Balaban J connectivity index is 1.18. The first-order chi connectivity index (χ1) is 24.8.